The molecule has 2 aliphatic rings. The Labute approximate surface area is 157 Å². The number of nitrogens with one attached hydrogen (secondary N) is 2. The van der Waals surface area contributed by atoms with E-state index in [1.54, 1.807) is 6.07 Å². The molecule has 1 aliphatic carbocycles. The number of H-pyrrole nitrogens is 1. The van der Waals surface area contributed by atoms with E-state index < -0.39 is 0 Å². The molecule has 0 bridgehead atoms. The number of hydrogen-bond acceptors (Lipinski definition) is 4. The first-order chi connectivity index (χ1) is 12.9. The van der Waals surface area contributed by atoms with Crippen LogP contribution in [0.5, 0.6) is 5.75 Å². The summed E-state index contributed by atoms with van der Waals surface area (Å²) in [4.78, 5) is 27.8. The number of rotatable bonds is 4. The third-order valence-corrected chi connectivity index (χ3v) is 5.72. The maximum absolute atomic E-state index is 12.9. The predicted molar refractivity (Wildman–Crippen MR) is 101 cm³/mol. The van der Waals surface area contributed by atoms with Gasteiger partial charge in [0.15, 0.2) is 0 Å². The molecule has 6 nitrogen and oxygen atoms in total. The van der Waals surface area contributed by atoms with Crippen molar-refractivity contribution in [2.75, 3.05) is 6.61 Å². The van der Waals surface area contributed by atoms with Gasteiger partial charge in [-0.2, -0.15) is 0 Å². The number of fused-ring (bicyclic) bond motifs is 1. The highest BCUT2D eigenvalue weighted by Gasteiger charge is 2.36. The smallest absolute Gasteiger partial charge is 0.261 e. The number of amides is 1. The van der Waals surface area contributed by atoms with Crippen LogP contribution in [0.4, 0.5) is 0 Å². The summed E-state index contributed by atoms with van der Waals surface area (Å²) in [5.74, 6) is 0.653. The molecule has 2 aromatic rings. The number of pyridine rings is 1. The predicted octanol–water partition coefficient (Wildman–Crippen LogP) is 2.17. The van der Waals surface area contributed by atoms with Crippen LogP contribution in [0.25, 0.3) is 0 Å². The van der Waals surface area contributed by atoms with Crippen molar-refractivity contribution in [3.63, 3.8) is 0 Å². The summed E-state index contributed by atoms with van der Waals surface area (Å²) in [5, 5.41) is 12.8. The molecule has 1 atom stereocenters. The standard InChI is InChI=1S/C21H24N2O4/c1-11-7-17(20(25)22-12(11)2)21(26)23-19(15-9-16(24)10-15)14-3-4-18-13(8-14)5-6-27-18/h3-4,7-8,15-16,19,24H,5-6,9-10H2,1-2H3,(H,22,25)(H,23,26)/t15?,16?,19-/m1/s1. The third-order valence-electron chi connectivity index (χ3n) is 5.72. The number of carbonyl (C=O) groups is 1. The number of aryl methyl sites for hydroxylation is 2. The highest BCUT2D eigenvalue weighted by Crippen LogP contribution is 2.39. The fourth-order valence-corrected chi connectivity index (χ4v) is 3.89. The minimum absolute atomic E-state index is 0.118. The van der Waals surface area contributed by atoms with E-state index in [1.807, 2.05) is 26.0 Å². The molecule has 2 heterocycles. The van der Waals surface area contributed by atoms with Crippen LogP contribution in [0.1, 0.15) is 51.6 Å². The Hall–Kier alpha value is -2.60. The van der Waals surface area contributed by atoms with Crippen LogP contribution < -0.4 is 15.6 Å². The molecule has 6 heteroatoms. The van der Waals surface area contributed by atoms with Crippen molar-refractivity contribution in [2.45, 2.75) is 45.3 Å². The molecule has 0 spiro atoms. The molecule has 3 N–H and O–H groups in total. The lowest BCUT2D eigenvalue weighted by atomic mass is 9.74. The molecule has 0 unspecified atom stereocenters. The van der Waals surface area contributed by atoms with Crippen molar-refractivity contribution in [1.29, 1.82) is 0 Å². The SMILES string of the molecule is Cc1cc(C(=O)N[C@H](c2ccc3c(c2)CCO3)C2CC(O)C2)c(=O)[nH]c1C. The fourth-order valence-electron chi connectivity index (χ4n) is 3.89. The van der Waals surface area contributed by atoms with E-state index >= 15 is 0 Å². The van der Waals surface area contributed by atoms with E-state index in [9.17, 15) is 14.7 Å². The summed E-state index contributed by atoms with van der Waals surface area (Å²) in [5.41, 5.74) is 3.48. The van der Waals surface area contributed by atoms with Gasteiger partial charge >= 0.3 is 0 Å². The first-order valence-electron chi connectivity index (χ1n) is 9.37. The van der Waals surface area contributed by atoms with Crippen LogP contribution in [0.15, 0.2) is 29.1 Å². The quantitative estimate of drug-likeness (QED) is 0.771. The number of aliphatic hydroxyl groups excluding tert-OH is 1. The lowest BCUT2D eigenvalue weighted by Crippen LogP contribution is -2.42. The zero-order chi connectivity index (χ0) is 19.1. The van der Waals surface area contributed by atoms with Gasteiger partial charge in [-0.15, -0.1) is 0 Å². The summed E-state index contributed by atoms with van der Waals surface area (Å²) in [7, 11) is 0. The largest absolute Gasteiger partial charge is 0.493 e. The Morgan fingerprint density at radius 3 is 2.81 bits per heavy atom. The van der Waals surface area contributed by atoms with Crippen molar-refractivity contribution in [1.82, 2.24) is 10.3 Å². The average molecular weight is 368 g/mol. The van der Waals surface area contributed by atoms with Crippen LogP contribution in [-0.2, 0) is 6.42 Å². The maximum Gasteiger partial charge on any atom is 0.261 e. The van der Waals surface area contributed by atoms with Crippen LogP contribution >= 0.6 is 0 Å². The van der Waals surface area contributed by atoms with E-state index in [-0.39, 0.29) is 35.1 Å². The highest BCUT2D eigenvalue weighted by atomic mass is 16.5. The van der Waals surface area contributed by atoms with Gasteiger partial charge in [0.05, 0.1) is 18.8 Å². The maximum atomic E-state index is 12.9. The van der Waals surface area contributed by atoms with Crippen LogP contribution in [-0.4, -0.2) is 28.7 Å². The first kappa shape index (κ1) is 17.8. The van der Waals surface area contributed by atoms with Crippen molar-refractivity contribution in [2.24, 2.45) is 5.92 Å². The molecule has 0 saturated heterocycles. The molecule has 1 aromatic carbocycles. The van der Waals surface area contributed by atoms with Crippen molar-refractivity contribution in [3.05, 3.63) is 62.6 Å². The minimum atomic E-state index is -0.387. The Morgan fingerprint density at radius 2 is 2.07 bits per heavy atom. The summed E-state index contributed by atoms with van der Waals surface area (Å²) >= 11 is 0. The Balaban J connectivity index is 1.63. The average Bonchev–Trinajstić information content (AvgIpc) is 3.08. The molecule has 27 heavy (non-hydrogen) atoms. The van der Waals surface area contributed by atoms with E-state index in [1.165, 1.54) is 0 Å². The second kappa shape index (κ2) is 6.85. The lowest BCUT2D eigenvalue weighted by molar-refractivity contribution is 0.0235. The Morgan fingerprint density at radius 1 is 1.30 bits per heavy atom. The van der Waals surface area contributed by atoms with Crippen LogP contribution in [0.2, 0.25) is 0 Å². The molecule has 1 amide bonds. The summed E-state index contributed by atoms with van der Waals surface area (Å²) in [6.07, 6.45) is 1.81. The number of ether oxygens (including phenoxy) is 1. The van der Waals surface area contributed by atoms with Crippen LogP contribution in [0, 0.1) is 19.8 Å². The lowest BCUT2D eigenvalue weighted by Gasteiger charge is -2.38. The molecule has 1 fully saturated rings. The number of aromatic amines is 1. The van der Waals surface area contributed by atoms with Gasteiger partial charge in [-0.25, -0.2) is 0 Å². The van der Waals surface area contributed by atoms with Gasteiger partial charge in [-0.1, -0.05) is 6.07 Å². The second-order valence-corrected chi connectivity index (χ2v) is 7.62. The first-order valence-corrected chi connectivity index (χ1v) is 9.37. The monoisotopic (exact) mass is 368 g/mol. The van der Waals surface area contributed by atoms with Crippen molar-refractivity contribution >= 4 is 5.91 Å². The van der Waals surface area contributed by atoms with E-state index in [0.717, 1.165) is 34.6 Å². The molecular weight excluding hydrogens is 344 g/mol. The van der Waals surface area contributed by atoms with Gasteiger partial charge in [0, 0.05) is 12.1 Å². The van der Waals surface area contributed by atoms with Gasteiger partial charge in [-0.05, 0) is 67.5 Å². The molecular formula is C21H24N2O4. The van der Waals surface area contributed by atoms with Gasteiger partial charge in [0.25, 0.3) is 11.5 Å². The number of hydrogen-bond donors (Lipinski definition) is 3. The summed E-state index contributed by atoms with van der Waals surface area (Å²) in [6.45, 7) is 4.35. The molecule has 142 valence electrons. The molecule has 1 saturated carbocycles. The fraction of sp³-hybridized carbons (Fsp3) is 0.429. The molecule has 1 aliphatic heterocycles. The number of aliphatic hydroxyl groups is 1. The summed E-state index contributed by atoms with van der Waals surface area (Å²) in [6, 6.07) is 7.36. The Kier molecular flexibility index (Phi) is 4.52. The number of aromatic nitrogens is 1. The number of carbonyl (C=O) groups excluding carboxylic acids is 1. The molecule has 0 radical (unpaired) electrons. The summed E-state index contributed by atoms with van der Waals surface area (Å²) < 4.78 is 5.57. The third kappa shape index (κ3) is 3.37. The zero-order valence-electron chi connectivity index (χ0n) is 15.5. The molecule has 1 aromatic heterocycles. The van der Waals surface area contributed by atoms with E-state index in [0.29, 0.717) is 19.4 Å². The highest BCUT2D eigenvalue weighted by molar-refractivity contribution is 5.94. The molecule has 4 rings (SSSR count). The van der Waals surface area contributed by atoms with Gasteiger partial charge in [-0.3, -0.25) is 9.59 Å². The van der Waals surface area contributed by atoms with Gasteiger partial charge in [0.2, 0.25) is 0 Å². The van der Waals surface area contributed by atoms with Crippen LogP contribution in [0.3, 0.4) is 0 Å². The van der Waals surface area contributed by atoms with Gasteiger partial charge < -0.3 is 20.1 Å². The van der Waals surface area contributed by atoms with E-state index in [2.05, 4.69) is 16.4 Å². The van der Waals surface area contributed by atoms with Crippen molar-refractivity contribution < 1.29 is 14.6 Å². The van der Waals surface area contributed by atoms with Crippen molar-refractivity contribution in [3.8, 4) is 5.75 Å². The number of benzene rings is 1. The van der Waals surface area contributed by atoms with E-state index in [4.69, 9.17) is 4.74 Å². The van der Waals surface area contributed by atoms with Gasteiger partial charge in [0.1, 0.15) is 11.3 Å². The zero-order valence-corrected chi connectivity index (χ0v) is 15.5. The minimum Gasteiger partial charge on any atom is -0.493 e. The second-order valence-electron chi connectivity index (χ2n) is 7.62. The topological polar surface area (TPSA) is 91.4 Å². The normalized spacial score (nSPS) is 21.7. The Bertz CT molecular complexity index is 944.